The van der Waals surface area contributed by atoms with Gasteiger partial charge in [-0.25, -0.2) is 9.36 Å². The highest BCUT2D eigenvalue weighted by Crippen LogP contribution is 2.39. The molecule has 1 atom stereocenters. The van der Waals surface area contributed by atoms with Crippen LogP contribution in [0.15, 0.2) is 48.9 Å². The van der Waals surface area contributed by atoms with E-state index in [1.165, 1.54) is 0 Å². The minimum Gasteiger partial charge on any atom is -0.311 e. The van der Waals surface area contributed by atoms with Gasteiger partial charge in [0, 0.05) is 30.3 Å². The molecule has 7 nitrogen and oxygen atoms in total. The van der Waals surface area contributed by atoms with Crippen molar-refractivity contribution in [2.24, 2.45) is 0 Å². The molecule has 0 bridgehead atoms. The molecule has 0 spiro atoms. The van der Waals surface area contributed by atoms with Crippen LogP contribution in [0.3, 0.4) is 0 Å². The van der Waals surface area contributed by atoms with Gasteiger partial charge in [-0.1, -0.05) is 12.1 Å². The number of piperidine rings is 1. The van der Waals surface area contributed by atoms with Crippen LogP contribution in [0.2, 0.25) is 0 Å². The van der Waals surface area contributed by atoms with Gasteiger partial charge in [0.05, 0.1) is 17.9 Å². The number of benzene rings is 1. The Morgan fingerprint density at radius 2 is 2.00 bits per heavy atom. The molecule has 5 rings (SSSR count). The van der Waals surface area contributed by atoms with E-state index < -0.39 is 0 Å². The summed E-state index contributed by atoms with van der Waals surface area (Å²) in [6, 6.07) is 10.5. The number of rotatable bonds is 3. The number of likely N-dealkylation sites (tertiary alicyclic amines) is 1. The lowest BCUT2D eigenvalue weighted by Crippen LogP contribution is -2.33. The molecule has 2 aliphatic heterocycles. The predicted molar refractivity (Wildman–Crippen MR) is 107 cm³/mol. The number of carbonyl (C=O) groups is 1. The first-order valence-electron chi connectivity index (χ1n) is 9.85. The molecular weight excluding hydrogens is 352 g/mol. The molecule has 2 aliphatic rings. The van der Waals surface area contributed by atoms with E-state index in [4.69, 9.17) is 5.10 Å². The molecule has 2 aromatic heterocycles. The zero-order valence-electron chi connectivity index (χ0n) is 16.0. The Morgan fingerprint density at radius 1 is 1.14 bits per heavy atom. The second kappa shape index (κ2) is 6.91. The van der Waals surface area contributed by atoms with E-state index in [-0.39, 0.29) is 11.8 Å². The third-order valence-electron chi connectivity index (χ3n) is 5.92. The third-order valence-corrected chi connectivity index (χ3v) is 5.92. The van der Waals surface area contributed by atoms with Crippen molar-refractivity contribution in [3.8, 4) is 5.69 Å². The molecule has 1 N–H and O–H groups in total. The van der Waals surface area contributed by atoms with Crippen LogP contribution in [0.1, 0.15) is 42.3 Å². The van der Waals surface area contributed by atoms with E-state index in [2.05, 4.69) is 34.5 Å². The first-order valence-corrected chi connectivity index (χ1v) is 9.85. The summed E-state index contributed by atoms with van der Waals surface area (Å²) in [5.74, 6) is 0.941. The average molecular weight is 376 g/mol. The number of aromatic nitrogens is 4. The summed E-state index contributed by atoms with van der Waals surface area (Å²) in [6.07, 6.45) is 8.19. The molecule has 0 saturated carbocycles. The largest absolute Gasteiger partial charge is 0.311 e. The minimum absolute atomic E-state index is 0.0132. The molecule has 1 amide bonds. The Morgan fingerprint density at radius 3 is 2.79 bits per heavy atom. The average Bonchev–Trinajstić information content (AvgIpc) is 3.38. The SMILES string of the molecule is CN1CCC(n2ncc3c2NC(=O)CC3c2cccc(-n3cccn3)c2)CC1. The minimum atomic E-state index is 0.0132. The summed E-state index contributed by atoms with van der Waals surface area (Å²) in [5, 5.41) is 12.1. The van der Waals surface area contributed by atoms with Crippen molar-refractivity contribution in [2.45, 2.75) is 31.2 Å². The highest BCUT2D eigenvalue weighted by Gasteiger charge is 2.32. The predicted octanol–water partition coefficient (Wildman–Crippen LogP) is 2.81. The zero-order chi connectivity index (χ0) is 19.1. The topological polar surface area (TPSA) is 68.0 Å². The summed E-state index contributed by atoms with van der Waals surface area (Å²) in [6.45, 7) is 2.12. The lowest BCUT2D eigenvalue weighted by molar-refractivity contribution is -0.116. The van der Waals surface area contributed by atoms with Crippen molar-refractivity contribution < 1.29 is 4.79 Å². The fraction of sp³-hybridized carbons (Fsp3) is 0.381. The molecule has 1 unspecified atom stereocenters. The number of amides is 1. The van der Waals surface area contributed by atoms with Gasteiger partial charge < -0.3 is 10.2 Å². The van der Waals surface area contributed by atoms with Gasteiger partial charge >= 0.3 is 0 Å². The second-order valence-electron chi connectivity index (χ2n) is 7.78. The molecule has 0 radical (unpaired) electrons. The number of fused-ring (bicyclic) bond motifs is 1. The standard InChI is InChI=1S/C21H24N6O/c1-25-10-6-16(7-11-25)27-21-19(14-23-27)18(13-20(28)24-21)15-4-2-5-17(12-15)26-9-3-8-22-26/h2-5,8-9,12,14,16,18H,6-7,10-11,13H2,1H3,(H,24,28). The van der Waals surface area contributed by atoms with Gasteiger partial charge in [0.1, 0.15) is 5.82 Å². The van der Waals surface area contributed by atoms with E-state index in [1.54, 1.807) is 6.20 Å². The van der Waals surface area contributed by atoms with Gasteiger partial charge in [0.15, 0.2) is 0 Å². The Bertz CT molecular complexity index is 984. The summed E-state index contributed by atoms with van der Waals surface area (Å²) in [7, 11) is 2.15. The molecule has 144 valence electrons. The normalized spacial score (nSPS) is 20.8. The monoisotopic (exact) mass is 376 g/mol. The lowest BCUT2D eigenvalue weighted by Gasteiger charge is -2.31. The molecule has 7 heteroatoms. The molecule has 28 heavy (non-hydrogen) atoms. The molecule has 1 aromatic carbocycles. The summed E-state index contributed by atoms with van der Waals surface area (Å²) < 4.78 is 3.89. The van der Waals surface area contributed by atoms with Crippen molar-refractivity contribution in [3.05, 3.63) is 60.0 Å². The van der Waals surface area contributed by atoms with Crippen LogP contribution in [-0.2, 0) is 4.79 Å². The summed E-state index contributed by atoms with van der Waals surface area (Å²) in [4.78, 5) is 14.9. The van der Waals surface area contributed by atoms with E-state index >= 15 is 0 Å². The fourth-order valence-electron chi connectivity index (χ4n) is 4.36. The Balaban J connectivity index is 1.50. The van der Waals surface area contributed by atoms with Crippen LogP contribution in [0.25, 0.3) is 5.69 Å². The number of nitrogens with zero attached hydrogens (tertiary/aromatic N) is 5. The second-order valence-corrected chi connectivity index (χ2v) is 7.78. The van der Waals surface area contributed by atoms with Crippen LogP contribution < -0.4 is 5.32 Å². The van der Waals surface area contributed by atoms with E-state index in [0.717, 1.165) is 48.6 Å². The van der Waals surface area contributed by atoms with Crippen molar-refractivity contribution in [1.82, 2.24) is 24.5 Å². The van der Waals surface area contributed by atoms with Gasteiger partial charge in [-0.15, -0.1) is 0 Å². The lowest BCUT2D eigenvalue weighted by atomic mass is 9.87. The maximum absolute atomic E-state index is 12.5. The summed E-state index contributed by atoms with van der Waals surface area (Å²) >= 11 is 0. The fourth-order valence-corrected chi connectivity index (χ4v) is 4.36. The number of carbonyl (C=O) groups excluding carboxylic acids is 1. The summed E-state index contributed by atoms with van der Waals surface area (Å²) in [5.41, 5.74) is 3.22. The van der Waals surface area contributed by atoms with E-state index in [0.29, 0.717) is 12.5 Å². The molecule has 0 aliphatic carbocycles. The van der Waals surface area contributed by atoms with Crippen molar-refractivity contribution in [1.29, 1.82) is 0 Å². The highest BCUT2D eigenvalue weighted by atomic mass is 16.1. The van der Waals surface area contributed by atoms with Gasteiger partial charge in [0.25, 0.3) is 0 Å². The van der Waals surface area contributed by atoms with Crippen LogP contribution in [0, 0.1) is 0 Å². The van der Waals surface area contributed by atoms with Crippen LogP contribution in [-0.4, -0.2) is 50.5 Å². The van der Waals surface area contributed by atoms with Gasteiger partial charge in [-0.3, -0.25) is 4.79 Å². The van der Waals surface area contributed by atoms with Crippen molar-refractivity contribution in [3.63, 3.8) is 0 Å². The Kier molecular flexibility index (Phi) is 4.24. The molecule has 1 saturated heterocycles. The maximum Gasteiger partial charge on any atom is 0.226 e. The van der Waals surface area contributed by atoms with Gasteiger partial charge in [-0.05, 0) is 56.7 Å². The van der Waals surface area contributed by atoms with Crippen LogP contribution in [0.4, 0.5) is 5.82 Å². The van der Waals surface area contributed by atoms with Crippen molar-refractivity contribution >= 4 is 11.7 Å². The molecule has 1 fully saturated rings. The van der Waals surface area contributed by atoms with Gasteiger partial charge in [0.2, 0.25) is 5.91 Å². The van der Waals surface area contributed by atoms with Crippen LogP contribution >= 0.6 is 0 Å². The highest BCUT2D eigenvalue weighted by molar-refractivity contribution is 5.94. The smallest absolute Gasteiger partial charge is 0.226 e. The Labute approximate surface area is 164 Å². The molecule has 3 aromatic rings. The number of nitrogens with one attached hydrogen (secondary N) is 1. The Hall–Kier alpha value is -2.93. The maximum atomic E-state index is 12.5. The third kappa shape index (κ3) is 3.01. The zero-order valence-corrected chi connectivity index (χ0v) is 16.0. The number of hydrogen-bond acceptors (Lipinski definition) is 4. The quantitative estimate of drug-likeness (QED) is 0.763. The first-order chi connectivity index (χ1) is 13.7. The van der Waals surface area contributed by atoms with E-state index in [9.17, 15) is 4.79 Å². The van der Waals surface area contributed by atoms with Crippen molar-refractivity contribution in [2.75, 3.05) is 25.5 Å². The molecule has 4 heterocycles. The van der Waals surface area contributed by atoms with Crippen LogP contribution in [0.5, 0.6) is 0 Å². The first kappa shape index (κ1) is 17.2. The van der Waals surface area contributed by atoms with E-state index in [1.807, 2.05) is 40.0 Å². The van der Waals surface area contributed by atoms with Gasteiger partial charge in [-0.2, -0.15) is 10.2 Å². The molecular formula is C21H24N6O. The number of anilines is 1. The number of hydrogen-bond donors (Lipinski definition) is 1.